The number of carbonyl (C=O) groups excluding carboxylic acids is 1. The zero-order chi connectivity index (χ0) is 16.1. The van der Waals surface area contributed by atoms with Crippen LogP contribution in [-0.4, -0.2) is 10.8 Å². The van der Waals surface area contributed by atoms with Crippen molar-refractivity contribution in [1.82, 2.24) is 0 Å². The highest BCUT2D eigenvalue weighted by atomic mass is 35.5. The van der Waals surface area contributed by atoms with Crippen molar-refractivity contribution in [2.75, 3.05) is 5.32 Å². The number of thiophene rings is 1. The van der Waals surface area contributed by atoms with Crippen LogP contribution >= 0.6 is 22.9 Å². The topological polar surface area (TPSA) is 96.0 Å². The lowest BCUT2D eigenvalue weighted by atomic mass is 10.2. The van der Waals surface area contributed by atoms with Crippen LogP contribution < -0.4 is 5.32 Å². The van der Waals surface area contributed by atoms with E-state index in [0.29, 0.717) is 0 Å². The Morgan fingerprint density at radius 2 is 2.23 bits per heavy atom. The number of nitrogens with one attached hydrogen (secondary N) is 1. The summed E-state index contributed by atoms with van der Waals surface area (Å²) < 4.78 is 0. The number of nitrogens with zero attached hydrogens (tertiary/aromatic N) is 2. The maximum Gasteiger partial charge on any atom is 0.271 e. The van der Waals surface area contributed by atoms with Crippen molar-refractivity contribution in [3.8, 4) is 6.07 Å². The fourth-order valence-electron chi connectivity index (χ4n) is 1.57. The van der Waals surface area contributed by atoms with Crippen LogP contribution in [0.5, 0.6) is 0 Å². The lowest BCUT2D eigenvalue weighted by Crippen LogP contribution is -2.13. The van der Waals surface area contributed by atoms with E-state index in [0.717, 1.165) is 10.9 Å². The van der Waals surface area contributed by atoms with Crippen molar-refractivity contribution >= 4 is 46.3 Å². The normalized spacial score (nSPS) is 10.8. The number of hydrogen-bond donors (Lipinski definition) is 1. The molecule has 0 aliphatic rings. The molecule has 1 N–H and O–H groups in total. The molecule has 0 fully saturated rings. The summed E-state index contributed by atoms with van der Waals surface area (Å²) in [4.78, 5) is 22.9. The average Bonchev–Trinajstić information content (AvgIpc) is 2.99. The fourth-order valence-corrected chi connectivity index (χ4v) is 2.45. The van der Waals surface area contributed by atoms with Crippen LogP contribution in [-0.2, 0) is 4.79 Å². The van der Waals surface area contributed by atoms with Gasteiger partial charge >= 0.3 is 0 Å². The summed E-state index contributed by atoms with van der Waals surface area (Å²) in [6, 6.07) is 9.06. The van der Waals surface area contributed by atoms with Crippen molar-refractivity contribution in [2.24, 2.45) is 0 Å². The molecule has 0 unspecified atom stereocenters. The Morgan fingerprint density at radius 3 is 2.77 bits per heavy atom. The number of nitriles is 1. The minimum atomic E-state index is -0.633. The molecule has 2 rings (SSSR count). The molecule has 0 spiro atoms. The summed E-state index contributed by atoms with van der Waals surface area (Å²) >= 11 is 7.28. The van der Waals surface area contributed by atoms with Crippen LogP contribution in [0.25, 0.3) is 6.08 Å². The summed E-state index contributed by atoms with van der Waals surface area (Å²) in [5.74, 6) is -0.633. The van der Waals surface area contributed by atoms with Gasteiger partial charge in [-0.1, -0.05) is 17.7 Å². The molecule has 110 valence electrons. The van der Waals surface area contributed by atoms with Crippen molar-refractivity contribution in [2.45, 2.75) is 0 Å². The molecule has 6 nitrogen and oxygen atoms in total. The monoisotopic (exact) mass is 333 g/mol. The van der Waals surface area contributed by atoms with Gasteiger partial charge in [0.05, 0.1) is 15.6 Å². The number of hydrogen-bond acceptors (Lipinski definition) is 5. The number of halogens is 1. The number of nitro groups is 1. The first-order valence-electron chi connectivity index (χ1n) is 5.92. The van der Waals surface area contributed by atoms with Gasteiger partial charge in [-0.05, 0) is 23.6 Å². The molecule has 0 saturated carbocycles. The predicted octanol–water partition coefficient (Wildman–Crippen LogP) is 3.86. The second-order valence-corrected chi connectivity index (χ2v) is 5.45. The number of carbonyl (C=O) groups is 1. The van der Waals surface area contributed by atoms with Gasteiger partial charge in [0.25, 0.3) is 11.6 Å². The molecular weight excluding hydrogens is 326 g/mol. The molecule has 2 aromatic rings. The van der Waals surface area contributed by atoms with Gasteiger partial charge in [0.15, 0.2) is 0 Å². The predicted molar refractivity (Wildman–Crippen MR) is 84.6 cm³/mol. The molecule has 0 atom stereocenters. The third-order valence-corrected chi connectivity index (χ3v) is 3.74. The number of amides is 1. The lowest BCUT2D eigenvalue weighted by Gasteiger charge is -2.06. The van der Waals surface area contributed by atoms with E-state index >= 15 is 0 Å². The van der Waals surface area contributed by atoms with Crippen molar-refractivity contribution in [3.05, 3.63) is 61.3 Å². The molecule has 1 heterocycles. The van der Waals surface area contributed by atoms with Crippen molar-refractivity contribution in [1.29, 1.82) is 5.26 Å². The molecular formula is C14H8ClN3O3S. The van der Waals surface area contributed by atoms with Gasteiger partial charge in [-0.15, -0.1) is 11.3 Å². The maximum absolute atomic E-state index is 12.1. The summed E-state index contributed by atoms with van der Waals surface area (Å²) in [6.07, 6.45) is 1.46. The molecule has 1 aromatic carbocycles. The second kappa shape index (κ2) is 6.85. The standard InChI is InChI=1S/C14H8ClN3O3S/c15-12-7-10(18(20)21)3-4-13(12)17-14(19)9(8-16)6-11-2-1-5-22-11/h1-7H,(H,17,19)/b9-6+. The highest BCUT2D eigenvalue weighted by molar-refractivity contribution is 7.10. The van der Waals surface area contributed by atoms with Crippen LogP contribution in [0.1, 0.15) is 4.88 Å². The molecule has 0 aliphatic heterocycles. The van der Waals surface area contributed by atoms with Gasteiger partial charge in [-0.3, -0.25) is 14.9 Å². The smallest absolute Gasteiger partial charge is 0.271 e. The van der Waals surface area contributed by atoms with Crippen LogP contribution in [0, 0.1) is 21.4 Å². The van der Waals surface area contributed by atoms with E-state index in [-0.39, 0.29) is 22.0 Å². The molecule has 0 radical (unpaired) electrons. The van der Waals surface area contributed by atoms with E-state index < -0.39 is 10.8 Å². The van der Waals surface area contributed by atoms with Crippen LogP contribution in [0.15, 0.2) is 41.3 Å². The summed E-state index contributed by atoms with van der Waals surface area (Å²) in [7, 11) is 0. The van der Waals surface area contributed by atoms with Crippen LogP contribution in [0.3, 0.4) is 0 Å². The van der Waals surface area contributed by atoms with E-state index in [9.17, 15) is 14.9 Å². The first kappa shape index (κ1) is 15.7. The lowest BCUT2D eigenvalue weighted by molar-refractivity contribution is -0.384. The molecule has 0 saturated heterocycles. The molecule has 22 heavy (non-hydrogen) atoms. The van der Waals surface area contributed by atoms with Gasteiger partial charge in [-0.25, -0.2) is 0 Å². The second-order valence-electron chi connectivity index (χ2n) is 4.06. The number of non-ortho nitro benzene ring substituents is 1. The Morgan fingerprint density at radius 1 is 1.45 bits per heavy atom. The van der Waals surface area contributed by atoms with Gasteiger partial charge < -0.3 is 5.32 Å². The third kappa shape index (κ3) is 3.69. The van der Waals surface area contributed by atoms with E-state index in [1.54, 1.807) is 12.1 Å². The van der Waals surface area contributed by atoms with Gasteiger partial charge in [0.1, 0.15) is 11.6 Å². The maximum atomic E-state index is 12.1. The Hall–Kier alpha value is -2.69. The number of nitro benzene ring substituents is 1. The first-order valence-corrected chi connectivity index (χ1v) is 7.17. The Kier molecular flexibility index (Phi) is 4.88. The SMILES string of the molecule is N#C/C(=C\c1cccs1)C(=O)Nc1ccc([N+](=O)[O-])cc1Cl. The molecule has 0 bridgehead atoms. The van der Waals surface area contributed by atoms with Gasteiger partial charge in [0, 0.05) is 17.0 Å². The summed E-state index contributed by atoms with van der Waals surface area (Å²) in [5.41, 5.74) is -0.0703. The zero-order valence-corrected chi connectivity index (χ0v) is 12.5. The Balaban J connectivity index is 2.21. The van der Waals surface area contributed by atoms with E-state index in [1.807, 2.05) is 11.4 Å². The highest BCUT2D eigenvalue weighted by Gasteiger charge is 2.14. The minimum Gasteiger partial charge on any atom is -0.320 e. The summed E-state index contributed by atoms with van der Waals surface area (Å²) in [5, 5.41) is 24.0. The first-order chi connectivity index (χ1) is 10.5. The largest absolute Gasteiger partial charge is 0.320 e. The van der Waals surface area contributed by atoms with Gasteiger partial charge in [0.2, 0.25) is 0 Å². The zero-order valence-electron chi connectivity index (χ0n) is 10.9. The van der Waals surface area contributed by atoms with E-state index in [4.69, 9.17) is 16.9 Å². The summed E-state index contributed by atoms with van der Waals surface area (Å²) in [6.45, 7) is 0. The van der Waals surface area contributed by atoms with Crippen LogP contribution in [0.4, 0.5) is 11.4 Å². The fraction of sp³-hybridized carbons (Fsp3) is 0. The van der Waals surface area contributed by atoms with Crippen molar-refractivity contribution < 1.29 is 9.72 Å². The Labute approximate surface area is 134 Å². The van der Waals surface area contributed by atoms with E-state index in [2.05, 4.69) is 5.32 Å². The van der Waals surface area contributed by atoms with Crippen molar-refractivity contribution in [3.63, 3.8) is 0 Å². The quantitative estimate of drug-likeness (QED) is 0.397. The molecule has 1 amide bonds. The highest BCUT2D eigenvalue weighted by Crippen LogP contribution is 2.27. The molecule has 1 aromatic heterocycles. The number of rotatable bonds is 4. The van der Waals surface area contributed by atoms with Crippen LogP contribution in [0.2, 0.25) is 5.02 Å². The van der Waals surface area contributed by atoms with E-state index in [1.165, 1.54) is 29.5 Å². The van der Waals surface area contributed by atoms with Gasteiger partial charge in [-0.2, -0.15) is 5.26 Å². The minimum absolute atomic E-state index is 0.0240. The average molecular weight is 334 g/mol. The Bertz CT molecular complexity index is 794. The third-order valence-electron chi connectivity index (χ3n) is 2.61. The molecule has 8 heteroatoms. The molecule has 0 aliphatic carbocycles. The number of anilines is 1. The number of benzene rings is 1.